The number of oxazole rings is 1. The fourth-order valence-corrected chi connectivity index (χ4v) is 1.68. The molecule has 0 radical (unpaired) electrons. The number of aromatic nitrogens is 1. The molecular formula is C10H6INO3. The van der Waals surface area contributed by atoms with E-state index < -0.39 is 5.97 Å². The molecule has 1 N–H and O–H groups in total. The van der Waals surface area contributed by atoms with Crippen LogP contribution in [-0.2, 0) is 4.79 Å². The number of hydrogen-bond donors (Lipinski definition) is 1. The summed E-state index contributed by atoms with van der Waals surface area (Å²) < 4.78 is 5.85. The van der Waals surface area contributed by atoms with Gasteiger partial charge < -0.3 is 9.52 Å². The summed E-state index contributed by atoms with van der Waals surface area (Å²) in [5.41, 5.74) is 2.22. The molecule has 0 spiro atoms. The molecular weight excluding hydrogens is 309 g/mol. The highest BCUT2D eigenvalue weighted by atomic mass is 127. The molecule has 0 amide bonds. The molecule has 0 saturated carbocycles. The molecule has 0 saturated heterocycles. The monoisotopic (exact) mass is 315 g/mol. The lowest BCUT2D eigenvalue weighted by Gasteiger charge is -1.90. The van der Waals surface area contributed by atoms with Crippen molar-refractivity contribution in [2.75, 3.05) is 0 Å². The zero-order valence-corrected chi connectivity index (χ0v) is 9.63. The number of fused-ring (bicyclic) bond motifs is 1. The summed E-state index contributed by atoms with van der Waals surface area (Å²) >= 11 is 1.99. The highest BCUT2D eigenvalue weighted by Gasteiger charge is 2.02. The molecule has 2 aromatic rings. The Hall–Kier alpha value is -1.37. The predicted molar refractivity (Wildman–Crippen MR) is 63.4 cm³/mol. The van der Waals surface area contributed by atoms with Crippen LogP contribution < -0.4 is 0 Å². The second-order valence-corrected chi connectivity index (χ2v) is 3.79. The maximum atomic E-state index is 10.3. The quantitative estimate of drug-likeness (QED) is 0.683. The van der Waals surface area contributed by atoms with Gasteiger partial charge in [0.25, 0.3) is 3.90 Å². The number of benzene rings is 1. The smallest absolute Gasteiger partial charge is 0.328 e. The van der Waals surface area contributed by atoms with Gasteiger partial charge in [-0.2, -0.15) is 0 Å². The highest BCUT2D eigenvalue weighted by Crippen LogP contribution is 2.18. The van der Waals surface area contributed by atoms with E-state index in [1.807, 2.05) is 22.6 Å². The second kappa shape index (κ2) is 4.01. The highest BCUT2D eigenvalue weighted by molar-refractivity contribution is 14.1. The van der Waals surface area contributed by atoms with E-state index >= 15 is 0 Å². The summed E-state index contributed by atoms with van der Waals surface area (Å²) in [6, 6.07) is 5.33. The lowest BCUT2D eigenvalue weighted by Crippen LogP contribution is -1.85. The van der Waals surface area contributed by atoms with E-state index in [4.69, 9.17) is 9.52 Å². The maximum absolute atomic E-state index is 10.3. The van der Waals surface area contributed by atoms with Gasteiger partial charge in [-0.25, -0.2) is 9.78 Å². The largest absolute Gasteiger partial charge is 0.478 e. The van der Waals surface area contributed by atoms with Crippen molar-refractivity contribution in [3.05, 3.63) is 33.7 Å². The average molecular weight is 315 g/mol. The third kappa shape index (κ3) is 2.35. The Kier molecular flexibility index (Phi) is 2.72. The second-order valence-electron chi connectivity index (χ2n) is 2.87. The molecule has 0 aliphatic rings. The molecule has 0 fully saturated rings. The zero-order valence-electron chi connectivity index (χ0n) is 7.48. The van der Waals surface area contributed by atoms with Crippen molar-refractivity contribution in [3.63, 3.8) is 0 Å². The number of hydrogen-bond acceptors (Lipinski definition) is 3. The molecule has 1 aromatic heterocycles. The van der Waals surface area contributed by atoms with Crippen LogP contribution in [0.2, 0.25) is 0 Å². The standard InChI is InChI=1S/C10H6INO3/c11-10-12-7-5-6(2-4-9(13)14)1-3-8(7)15-10/h1-5H,(H,13,14)/b4-2+. The van der Waals surface area contributed by atoms with Crippen LogP contribution in [0.5, 0.6) is 0 Å². The molecule has 5 heteroatoms. The number of carboxylic acid groups (broad SMARTS) is 1. The minimum absolute atomic E-state index is 0.571. The van der Waals surface area contributed by atoms with E-state index in [2.05, 4.69) is 4.98 Å². The van der Waals surface area contributed by atoms with Gasteiger partial charge in [0.1, 0.15) is 5.52 Å². The van der Waals surface area contributed by atoms with Crippen molar-refractivity contribution in [1.82, 2.24) is 4.98 Å². The Morgan fingerprint density at radius 3 is 3.07 bits per heavy atom. The first-order valence-corrected chi connectivity index (χ1v) is 5.20. The van der Waals surface area contributed by atoms with Crippen molar-refractivity contribution in [1.29, 1.82) is 0 Å². The number of halogens is 1. The van der Waals surface area contributed by atoms with E-state index in [0.29, 0.717) is 9.48 Å². The number of carboxylic acids is 1. The third-order valence-electron chi connectivity index (χ3n) is 1.80. The summed E-state index contributed by atoms with van der Waals surface area (Å²) in [7, 11) is 0. The first-order chi connectivity index (χ1) is 7.15. The number of nitrogens with zero attached hydrogens (tertiary/aromatic N) is 1. The molecule has 1 aromatic carbocycles. The van der Waals surface area contributed by atoms with Crippen LogP contribution in [0, 0.1) is 3.90 Å². The Morgan fingerprint density at radius 2 is 2.33 bits per heavy atom. The summed E-state index contributed by atoms with van der Waals surface area (Å²) in [6.45, 7) is 0. The van der Waals surface area contributed by atoms with Crippen molar-refractivity contribution < 1.29 is 14.3 Å². The lowest BCUT2D eigenvalue weighted by molar-refractivity contribution is -0.131. The van der Waals surface area contributed by atoms with Gasteiger partial charge in [0.2, 0.25) is 0 Å². The first-order valence-electron chi connectivity index (χ1n) is 4.12. The van der Waals surface area contributed by atoms with Crippen molar-refractivity contribution in [2.45, 2.75) is 0 Å². The van der Waals surface area contributed by atoms with Crippen molar-refractivity contribution in [2.24, 2.45) is 0 Å². The van der Waals surface area contributed by atoms with Crippen LogP contribution in [0.15, 0.2) is 28.7 Å². The van der Waals surface area contributed by atoms with Gasteiger partial charge in [-0.3, -0.25) is 0 Å². The summed E-state index contributed by atoms with van der Waals surface area (Å²) in [6.07, 6.45) is 2.61. The van der Waals surface area contributed by atoms with Crippen LogP contribution in [-0.4, -0.2) is 16.1 Å². The molecule has 2 rings (SSSR count). The fraction of sp³-hybridized carbons (Fsp3) is 0. The Labute approximate surface area is 98.7 Å². The molecule has 76 valence electrons. The summed E-state index contributed by atoms with van der Waals surface area (Å²) in [5.74, 6) is -0.968. The minimum atomic E-state index is -0.968. The summed E-state index contributed by atoms with van der Waals surface area (Å²) in [5, 5.41) is 8.47. The number of carbonyl (C=O) groups is 1. The lowest BCUT2D eigenvalue weighted by atomic mass is 10.2. The van der Waals surface area contributed by atoms with Crippen LogP contribution in [0.25, 0.3) is 17.2 Å². The fourth-order valence-electron chi connectivity index (χ4n) is 1.19. The van der Waals surface area contributed by atoms with Crippen LogP contribution in [0.1, 0.15) is 5.56 Å². The van der Waals surface area contributed by atoms with E-state index in [-0.39, 0.29) is 0 Å². The predicted octanol–water partition coefficient (Wildman–Crippen LogP) is 2.53. The summed E-state index contributed by atoms with van der Waals surface area (Å²) in [4.78, 5) is 14.5. The SMILES string of the molecule is O=C(O)/C=C/c1ccc2oc(I)nc2c1. The number of rotatable bonds is 2. The molecule has 0 aliphatic heterocycles. The molecule has 0 aliphatic carbocycles. The van der Waals surface area contributed by atoms with Crippen molar-refractivity contribution >= 4 is 45.7 Å². The van der Waals surface area contributed by atoms with E-state index in [1.54, 1.807) is 18.2 Å². The van der Waals surface area contributed by atoms with Gasteiger partial charge in [-0.1, -0.05) is 6.07 Å². The van der Waals surface area contributed by atoms with Gasteiger partial charge in [0.05, 0.1) is 0 Å². The van der Waals surface area contributed by atoms with Gasteiger partial charge >= 0.3 is 5.97 Å². The Bertz CT molecular complexity index is 545. The first kappa shape index (κ1) is 10.2. The van der Waals surface area contributed by atoms with E-state index in [0.717, 1.165) is 17.2 Å². The average Bonchev–Trinajstić information content (AvgIpc) is 2.53. The molecule has 15 heavy (non-hydrogen) atoms. The zero-order chi connectivity index (χ0) is 10.8. The van der Waals surface area contributed by atoms with Crippen LogP contribution in [0.3, 0.4) is 0 Å². The Balaban J connectivity index is 2.42. The van der Waals surface area contributed by atoms with E-state index in [9.17, 15) is 4.79 Å². The molecule has 0 atom stereocenters. The maximum Gasteiger partial charge on any atom is 0.328 e. The molecule has 0 bridgehead atoms. The van der Waals surface area contributed by atoms with Crippen LogP contribution >= 0.6 is 22.6 Å². The molecule has 0 unspecified atom stereocenters. The van der Waals surface area contributed by atoms with Gasteiger partial charge in [0, 0.05) is 28.7 Å². The van der Waals surface area contributed by atoms with Gasteiger partial charge in [0.15, 0.2) is 5.58 Å². The molecule has 1 heterocycles. The number of aliphatic carboxylic acids is 1. The third-order valence-corrected chi connectivity index (χ3v) is 2.27. The normalized spacial score (nSPS) is 11.3. The Morgan fingerprint density at radius 1 is 1.53 bits per heavy atom. The van der Waals surface area contributed by atoms with Crippen LogP contribution in [0.4, 0.5) is 0 Å². The van der Waals surface area contributed by atoms with Gasteiger partial charge in [-0.15, -0.1) is 0 Å². The van der Waals surface area contributed by atoms with Crippen molar-refractivity contribution in [3.8, 4) is 0 Å². The topological polar surface area (TPSA) is 63.3 Å². The van der Waals surface area contributed by atoms with Gasteiger partial charge in [-0.05, 0) is 23.8 Å². The molecule has 4 nitrogen and oxygen atoms in total. The van der Waals surface area contributed by atoms with E-state index in [1.165, 1.54) is 6.08 Å². The minimum Gasteiger partial charge on any atom is -0.478 e.